The zero-order valence-electron chi connectivity index (χ0n) is 17.9. The van der Waals surface area contributed by atoms with Crippen molar-refractivity contribution < 1.29 is 28.6 Å². The maximum Gasteiger partial charge on any atom is 0.344 e. The minimum atomic E-state index is -0.486. The van der Waals surface area contributed by atoms with Gasteiger partial charge in [0.25, 0.3) is 11.1 Å². The second-order valence-corrected chi connectivity index (χ2v) is 8.56. The number of carbonyl (C=O) groups excluding carboxylic acids is 3. The second-order valence-electron chi connectivity index (χ2n) is 6.75. The number of carbonyl (C=O) groups is 3. The van der Waals surface area contributed by atoms with Gasteiger partial charge in [-0.25, -0.2) is 4.79 Å². The molecule has 2 aromatic carbocycles. The summed E-state index contributed by atoms with van der Waals surface area (Å²) in [6.07, 6.45) is 1.61. The molecule has 0 saturated carbocycles. The highest BCUT2D eigenvalue weighted by Crippen LogP contribution is 2.36. The molecule has 7 nitrogen and oxygen atoms in total. The van der Waals surface area contributed by atoms with Crippen molar-refractivity contribution >= 4 is 58.2 Å². The van der Waals surface area contributed by atoms with Crippen LogP contribution in [0.2, 0.25) is 10.0 Å². The highest BCUT2D eigenvalue weighted by atomic mass is 35.5. The van der Waals surface area contributed by atoms with Gasteiger partial charge in [-0.1, -0.05) is 35.3 Å². The minimum Gasteiger partial charge on any atom is -0.490 e. The van der Waals surface area contributed by atoms with Crippen LogP contribution in [0.4, 0.5) is 4.79 Å². The van der Waals surface area contributed by atoms with Gasteiger partial charge < -0.3 is 14.2 Å². The van der Waals surface area contributed by atoms with Gasteiger partial charge in [0.2, 0.25) is 0 Å². The number of ether oxygens (including phenoxy) is 3. The number of hydrogen-bond acceptors (Lipinski definition) is 7. The molecule has 2 amide bonds. The molecular formula is C23H21Cl2NO6S. The fourth-order valence-electron chi connectivity index (χ4n) is 2.95. The average molecular weight is 510 g/mol. The SMILES string of the molecule is CCOC(=O)COc1ccc(/C=C2\SC(=O)N(Cc3ccc(Cl)c(Cl)c3)C2=O)cc1OCC. The van der Waals surface area contributed by atoms with E-state index in [4.69, 9.17) is 37.4 Å². The van der Waals surface area contributed by atoms with Crippen LogP contribution in [-0.2, 0) is 20.9 Å². The fraction of sp³-hybridized carbons (Fsp3) is 0.261. The Kier molecular flexibility index (Phi) is 8.66. The van der Waals surface area contributed by atoms with E-state index in [9.17, 15) is 14.4 Å². The molecule has 0 aromatic heterocycles. The molecule has 1 heterocycles. The van der Waals surface area contributed by atoms with E-state index in [0.717, 1.165) is 16.7 Å². The Bertz CT molecular complexity index is 1100. The van der Waals surface area contributed by atoms with Crippen molar-refractivity contribution in [1.82, 2.24) is 4.90 Å². The normalized spacial score (nSPS) is 14.7. The van der Waals surface area contributed by atoms with Crippen LogP contribution in [0.15, 0.2) is 41.3 Å². The van der Waals surface area contributed by atoms with E-state index in [2.05, 4.69) is 0 Å². The van der Waals surface area contributed by atoms with Crippen LogP contribution < -0.4 is 9.47 Å². The van der Waals surface area contributed by atoms with E-state index < -0.39 is 11.9 Å². The summed E-state index contributed by atoms with van der Waals surface area (Å²) in [6, 6.07) is 9.97. The number of imide groups is 1. The maximum absolute atomic E-state index is 12.8. The van der Waals surface area contributed by atoms with E-state index in [-0.39, 0.29) is 29.9 Å². The molecule has 0 unspecified atom stereocenters. The number of rotatable bonds is 9. The molecule has 1 fully saturated rings. The summed E-state index contributed by atoms with van der Waals surface area (Å²) in [5, 5.41) is 0.372. The summed E-state index contributed by atoms with van der Waals surface area (Å²) in [6.45, 7) is 4.00. The highest BCUT2D eigenvalue weighted by molar-refractivity contribution is 8.18. The number of halogens is 2. The lowest BCUT2D eigenvalue weighted by Gasteiger charge is -2.13. The standard InChI is InChI=1S/C23H21Cl2NO6S/c1-3-30-19-10-14(6-8-18(19)32-13-21(27)31-4-2)11-20-22(28)26(23(29)33-20)12-15-5-7-16(24)17(25)9-15/h5-11H,3-4,12-13H2,1-2H3/b20-11-. The number of hydrogen-bond donors (Lipinski definition) is 0. The van der Waals surface area contributed by atoms with E-state index in [1.807, 2.05) is 6.92 Å². The monoisotopic (exact) mass is 509 g/mol. The van der Waals surface area contributed by atoms with E-state index >= 15 is 0 Å². The van der Waals surface area contributed by atoms with Crippen molar-refractivity contribution in [1.29, 1.82) is 0 Å². The van der Waals surface area contributed by atoms with Crippen molar-refractivity contribution in [3.8, 4) is 11.5 Å². The number of nitrogens with zero attached hydrogens (tertiary/aromatic N) is 1. The molecule has 0 radical (unpaired) electrons. The summed E-state index contributed by atoms with van der Waals surface area (Å²) in [7, 11) is 0. The molecule has 1 saturated heterocycles. The van der Waals surface area contributed by atoms with Gasteiger partial charge >= 0.3 is 5.97 Å². The number of amides is 2. The van der Waals surface area contributed by atoms with Gasteiger partial charge in [-0.05, 0) is 67.1 Å². The lowest BCUT2D eigenvalue weighted by Crippen LogP contribution is -2.27. The highest BCUT2D eigenvalue weighted by Gasteiger charge is 2.35. The first-order chi connectivity index (χ1) is 15.8. The molecule has 1 aliphatic rings. The number of thioether (sulfide) groups is 1. The first kappa shape index (κ1) is 25.0. The Balaban J connectivity index is 1.76. The van der Waals surface area contributed by atoms with Crippen LogP contribution in [0.1, 0.15) is 25.0 Å². The van der Waals surface area contributed by atoms with Crippen LogP contribution in [-0.4, -0.2) is 41.8 Å². The fourth-order valence-corrected chi connectivity index (χ4v) is 4.11. The molecule has 0 atom stereocenters. The number of benzene rings is 2. The summed E-state index contributed by atoms with van der Waals surface area (Å²) in [4.78, 5) is 38.3. The van der Waals surface area contributed by atoms with E-state index in [1.54, 1.807) is 49.4 Å². The Labute approximate surface area is 205 Å². The van der Waals surface area contributed by atoms with E-state index in [1.165, 1.54) is 0 Å². The van der Waals surface area contributed by atoms with Crippen LogP contribution in [0.5, 0.6) is 11.5 Å². The first-order valence-corrected chi connectivity index (χ1v) is 11.6. The molecule has 0 spiro atoms. The Morgan fingerprint density at radius 2 is 1.79 bits per heavy atom. The van der Waals surface area contributed by atoms with Gasteiger partial charge in [0.1, 0.15) is 0 Å². The predicted molar refractivity (Wildman–Crippen MR) is 128 cm³/mol. The zero-order chi connectivity index (χ0) is 24.0. The second kappa shape index (κ2) is 11.4. The molecule has 3 rings (SSSR count). The quantitative estimate of drug-likeness (QED) is 0.322. The summed E-state index contributed by atoms with van der Waals surface area (Å²) in [5.41, 5.74) is 1.33. The minimum absolute atomic E-state index is 0.0870. The zero-order valence-corrected chi connectivity index (χ0v) is 20.3. The third-order valence-corrected chi connectivity index (χ3v) is 6.06. The molecule has 2 aromatic rings. The van der Waals surface area contributed by atoms with Crippen LogP contribution in [0.3, 0.4) is 0 Å². The molecule has 0 bridgehead atoms. The lowest BCUT2D eigenvalue weighted by molar-refractivity contribution is -0.145. The average Bonchev–Trinajstić information content (AvgIpc) is 3.03. The van der Waals surface area contributed by atoms with Crippen LogP contribution in [0, 0.1) is 0 Å². The van der Waals surface area contributed by atoms with Crippen LogP contribution in [0.25, 0.3) is 6.08 Å². The Hall–Kier alpha value is -2.68. The molecular weight excluding hydrogens is 489 g/mol. The van der Waals surface area contributed by atoms with Gasteiger partial charge in [0, 0.05) is 0 Å². The van der Waals surface area contributed by atoms with Gasteiger partial charge in [0.15, 0.2) is 18.1 Å². The predicted octanol–water partition coefficient (Wildman–Crippen LogP) is 5.57. The van der Waals surface area contributed by atoms with Gasteiger partial charge in [-0.2, -0.15) is 0 Å². The van der Waals surface area contributed by atoms with Crippen molar-refractivity contribution in [2.24, 2.45) is 0 Å². The lowest BCUT2D eigenvalue weighted by atomic mass is 10.1. The smallest absolute Gasteiger partial charge is 0.344 e. The largest absolute Gasteiger partial charge is 0.490 e. The van der Waals surface area contributed by atoms with Crippen molar-refractivity contribution in [3.63, 3.8) is 0 Å². The Morgan fingerprint density at radius 1 is 1.00 bits per heavy atom. The van der Waals surface area contributed by atoms with Crippen molar-refractivity contribution in [3.05, 3.63) is 62.5 Å². The summed E-state index contributed by atoms with van der Waals surface area (Å²) in [5.74, 6) is -0.114. The summed E-state index contributed by atoms with van der Waals surface area (Å²) < 4.78 is 16.0. The first-order valence-electron chi connectivity index (χ1n) is 10.1. The molecule has 0 N–H and O–H groups in total. The molecule has 10 heteroatoms. The van der Waals surface area contributed by atoms with Crippen molar-refractivity contribution in [2.45, 2.75) is 20.4 Å². The van der Waals surface area contributed by atoms with Gasteiger partial charge in [-0.15, -0.1) is 0 Å². The molecule has 33 heavy (non-hydrogen) atoms. The molecule has 0 aliphatic carbocycles. The van der Waals surface area contributed by atoms with Crippen LogP contribution >= 0.6 is 35.0 Å². The number of esters is 1. The van der Waals surface area contributed by atoms with Crippen molar-refractivity contribution in [2.75, 3.05) is 19.8 Å². The molecule has 174 valence electrons. The maximum atomic E-state index is 12.8. The van der Waals surface area contributed by atoms with Gasteiger partial charge in [0.05, 0.1) is 34.7 Å². The Morgan fingerprint density at radius 3 is 2.48 bits per heavy atom. The third kappa shape index (κ3) is 6.43. The topological polar surface area (TPSA) is 82.1 Å². The third-order valence-electron chi connectivity index (χ3n) is 4.41. The van der Waals surface area contributed by atoms with Gasteiger partial charge in [-0.3, -0.25) is 14.5 Å². The summed E-state index contributed by atoms with van der Waals surface area (Å²) >= 11 is 12.8. The van der Waals surface area contributed by atoms with E-state index in [0.29, 0.717) is 39.3 Å². The molecule has 1 aliphatic heterocycles.